The average Bonchev–Trinajstić information content (AvgIpc) is 3.09. The average molecular weight is 1000 g/mol. The van der Waals surface area contributed by atoms with E-state index >= 15 is 0 Å². The first-order valence-corrected chi connectivity index (χ1v) is 17.8. The van der Waals surface area contributed by atoms with E-state index in [1.807, 2.05) is 42.3 Å². The number of halogens is 3. The van der Waals surface area contributed by atoms with Crippen molar-refractivity contribution in [2.75, 3.05) is 61.9 Å². The van der Waals surface area contributed by atoms with E-state index in [0.717, 1.165) is 30.4 Å². The molecule has 3 aromatic carbocycles. The molecule has 0 atom stereocenters. The van der Waals surface area contributed by atoms with Gasteiger partial charge in [0.2, 0.25) is 0 Å². The summed E-state index contributed by atoms with van der Waals surface area (Å²) in [5, 5.41) is 33.3. The third kappa shape index (κ3) is 14.5. The summed E-state index contributed by atoms with van der Waals surface area (Å²) in [6.45, 7) is 2.81. The normalized spacial score (nSPS) is 11.5. The molecule has 0 bridgehead atoms. The maximum Gasteiger partial charge on any atom is 0.336 e. The van der Waals surface area contributed by atoms with Crippen LogP contribution in [0.25, 0.3) is 0 Å². The Balaban J connectivity index is 0.00000561. The van der Waals surface area contributed by atoms with E-state index in [2.05, 4.69) is 0 Å². The molecule has 0 radical (unpaired) electrons. The van der Waals surface area contributed by atoms with Gasteiger partial charge >= 0.3 is 17.1 Å². The van der Waals surface area contributed by atoms with Crippen molar-refractivity contribution >= 4 is 17.1 Å². The quantitative estimate of drug-likeness (QED) is 0.0500. The molecule has 1 heterocycles. The van der Waals surface area contributed by atoms with Crippen molar-refractivity contribution in [3.63, 3.8) is 0 Å². The number of nitro groups is 3. The molecular weight excluding hydrogens is 954 g/mol. The number of nitro benzene ring substituents is 3. The van der Waals surface area contributed by atoms with Crippen molar-refractivity contribution in [3.8, 4) is 0 Å². The Hall–Kier alpha value is -4.41. The zero-order chi connectivity index (χ0) is 40.7. The molecule has 0 spiro atoms. The fraction of sp³-hybridized carbons (Fsp3) is 0.432. The molecule has 18 nitrogen and oxygen atoms in total. The second-order valence-electron chi connectivity index (χ2n) is 15.9. The maximum atomic E-state index is 13.9. The number of likely N-dealkylation sites (N-methyl/N-ethyl adjacent to an activating group) is 2. The van der Waals surface area contributed by atoms with E-state index in [0.29, 0.717) is 59.1 Å². The van der Waals surface area contributed by atoms with Crippen LogP contribution in [0.2, 0.25) is 0 Å². The molecule has 1 aromatic heterocycles. The van der Waals surface area contributed by atoms with Crippen LogP contribution in [0.15, 0.2) is 87.2 Å². The number of hydrogen-bond donors (Lipinski definition) is 0. The molecule has 0 saturated heterocycles. The summed E-state index contributed by atoms with van der Waals surface area (Å²) in [5.41, 5.74) is 0.406. The van der Waals surface area contributed by atoms with Crippen LogP contribution in [-0.4, -0.2) is 104 Å². The summed E-state index contributed by atoms with van der Waals surface area (Å²) >= 11 is 0. The van der Waals surface area contributed by atoms with Crippen LogP contribution in [0, 0.1) is 30.3 Å². The second kappa shape index (κ2) is 21.6. The first-order chi connectivity index (χ1) is 25.7. The van der Waals surface area contributed by atoms with Crippen LogP contribution in [-0.2, 0) is 39.3 Å². The second-order valence-corrected chi connectivity index (χ2v) is 15.9. The Kier molecular flexibility index (Phi) is 19.2. The monoisotopic (exact) mass is 1000 g/mol. The molecule has 0 aliphatic carbocycles. The molecule has 0 fully saturated rings. The summed E-state index contributed by atoms with van der Waals surface area (Å²) in [6, 6.07) is 18.8. The summed E-state index contributed by atoms with van der Waals surface area (Å²) < 4.78 is 4.48. The number of rotatable bonds is 19. The molecule has 0 aliphatic rings. The van der Waals surface area contributed by atoms with Gasteiger partial charge in [-0.15, -0.1) is 0 Å². The number of hydrogen-bond acceptors (Lipinski definition) is 9. The van der Waals surface area contributed by atoms with Gasteiger partial charge in [-0.3, -0.25) is 30.3 Å². The minimum Gasteiger partial charge on any atom is -1.00 e. The predicted molar refractivity (Wildman–Crippen MR) is 205 cm³/mol. The molecule has 21 heteroatoms. The summed E-state index contributed by atoms with van der Waals surface area (Å²) in [4.78, 5) is 73.7. The topological polar surface area (TPSA) is 195 Å². The smallest absolute Gasteiger partial charge is 0.336 e. The van der Waals surface area contributed by atoms with E-state index in [4.69, 9.17) is 0 Å². The SMILES string of the molecule is C[N+](C)(CCCn1c(=O)n(CC[N+](C)(C)Cc2ccc([N+](=O)[O-])cc2)c(=O)n(CC[N+](C)(C)Cc2ccc([N+](=O)[O-])cc2)c1=O)Cc1ccc([N+](=O)[O-])cc1.[Br-].[Br-].[Br-]. The van der Waals surface area contributed by atoms with Crippen molar-refractivity contribution in [3.05, 3.63) is 151 Å². The summed E-state index contributed by atoms with van der Waals surface area (Å²) in [5.74, 6) is 0. The van der Waals surface area contributed by atoms with Crippen LogP contribution in [0.5, 0.6) is 0 Å². The Morgan fingerprint density at radius 2 is 0.672 bits per heavy atom. The minimum atomic E-state index is -0.716. The molecule has 0 N–H and O–H groups in total. The summed E-state index contributed by atoms with van der Waals surface area (Å²) in [7, 11) is 11.7. The third-order valence-electron chi connectivity index (χ3n) is 9.66. The fourth-order valence-corrected chi connectivity index (χ4v) is 6.54. The van der Waals surface area contributed by atoms with Crippen LogP contribution >= 0.6 is 0 Å². The first kappa shape index (κ1) is 51.6. The highest BCUT2D eigenvalue weighted by Gasteiger charge is 2.24. The van der Waals surface area contributed by atoms with Gasteiger partial charge in [-0.05, 0) is 36.4 Å². The molecule has 4 rings (SSSR count). The first-order valence-electron chi connectivity index (χ1n) is 17.8. The van der Waals surface area contributed by atoms with Gasteiger partial charge in [0.1, 0.15) is 19.6 Å². The lowest BCUT2D eigenvalue weighted by Gasteiger charge is -2.31. The van der Waals surface area contributed by atoms with Gasteiger partial charge in [0, 0.05) is 66.1 Å². The van der Waals surface area contributed by atoms with E-state index in [-0.39, 0.29) is 87.6 Å². The minimum absolute atomic E-state index is 0. The maximum absolute atomic E-state index is 13.9. The van der Waals surface area contributed by atoms with Crippen molar-refractivity contribution < 1.29 is 79.2 Å². The lowest BCUT2D eigenvalue weighted by Crippen LogP contribution is -3.00. The molecule has 0 aliphatic heterocycles. The van der Waals surface area contributed by atoms with E-state index in [1.165, 1.54) is 36.4 Å². The van der Waals surface area contributed by atoms with Gasteiger partial charge in [0.25, 0.3) is 17.1 Å². The number of nitrogens with zero attached hydrogens (tertiary/aromatic N) is 9. The Bertz CT molecular complexity index is 2090. The highest BCUT2D eigenvalue weighted by atomic mass is 79.9. The van der Waals surface area contributed by atoms with Crippen molar-refractivity contribution in [1.82, 2.24) is 13.7 Å². The predicted octanol–water partition coefficient (Wildman–Crippen LogP) is -5.87. The number of aromatic nitrogens is 3. The van der Waals surface area contributed by atoms with Gasteiger partial charge in [-0.1, -0.05) is 0 Å². The van der Waals surface area contributed by atoms with Crippen molar-refractivity contribution in [2.24, 2.45) is 0 Å². The molecule has 0 saturated carbocycles. The van der Waals surface area contributed by atoms with Crippen LogP contribution < -0.4 is 68.0 Å². The molecule has 318 valence electrons. The van der Waals surface area contributed by atoms with E-state index in [1.54, 1.807) is 36.4 Å². The molecular formula is C37H50Br3N9O9. The van der Waals surface area contributed by atoms with Crippen LogP contribution in [0.4, 0.5) is 17.1 Å². The van der Waals surface area contributed by atoms with Gasteiger partial charge < -0.3 is 64.4 Å². The Labute approximate surface area is 367 Å². The lowest BCUT2D eigenvalue weighted by molar-refractivity contribution is -0.904. The van der Waals surface area contributed by atoms with Crippen molar-refractivity contribution in [2.45, 2.75) is 45.7 Å². The number of benzene rings is 3. The highest BCUT2D eigenvalue weighted by molar-refractivity contribution is 5.34. The third-order valence-corrected chi connectivity index (χ3v) is 9.66. The number of quaternary nitrogens is 3. The largest absolute Gasteiger partial charge is 1.00 e. The Morgan fingerprint density at radius 3 is 0.931 bits per heavy atom. The van der Waals surface area contributed by atoms with Gasteiger partial charge in [0.05, 0.1) is 89.8 Å². The van der Waals surface area contributed by atoms with Crippen LogP contribution in [0.3, 0.4) is 0 Å². The zero-order valence-corrected chi connectivity index (χ0v) is 38.1. The molecule has 4 aromatic rings. The van der Waals surface area contributed by atoms with E-state index < -0.39 is 31.8 Å². The fourth-order valence-electron chi connectivity index (χ4n) is 6.54. The highest BCUT2D eigenvalue weighted by Crippen LogP contribution is 2.18. The van der Waals surface area contributed by atoms with Gasteiger partial charge in [-0.2, -0.15) is 0 Å². The molecule has 58 heavy (non-hydrogen) atoms. The summed E-state index contributed by atoms with van der Waals surface area (Å²) in [6.07, 6.45) is 0.427. The standard InChI is InChI=1S/C37H50N9O9.3BrH/c1-44(2,26-29-8-14-32(15-9-29)41(50)51)23-7-20-38-35(47)39(21-24-45(3,4)27-30-10-16-33(17-11-30)42(52)53)37(49)40(36(38)48)22-25-46(5,6)28-31-12-18-34(19-13-31)43(54)55;;;/h8-19H,7,20-28H2,1-6H3;3*1H/q+3;;;/p-3. The van der Waals surface area contributed by atoms with Crippen molar-refractivity contribution in [1.29, 1.82) is 0 Å². The van der Waals surface area contributed by atoms with E-state index in [9.17, 15) is 44.7 Å². The Morgan fingerprint density at radius 1 is 0.431 bits per heavy atom. The van der Waals surface area contributed by atoms with Gasteiger partial charge in [0.15, 0.2) is 0 Å². The molecule has 0 unspecified atom stereocenters. The van der Waals surface area contributed by atoms with Crippen LogP contribution in [0.1, 0.15) is 23.1 Å². The molecule has 0 amide bonds. The lowest BCUT2D eigenvalue weighted by atomic mass is 10.1. The zero-order valence-electron chi connectivity index (χ0n) is 33.3. The number of non-ortho nitro benzene ring substituents is 3. The van der Waals surface area contributed by atoms with Gasteiger partial charge in [-0.25, -0.2) is 28.1 Å².